The quantitative estimate of drug-likeness (QED) is 0.267. The molecular weight excluding hydrogens is 86.9 g/mol. The van der Waals surface area contributed by atoms with Crippen molar-refractivity contribution in [3.05, 3.63) is 0 Å². The largest absolute Gasteiger partial charge is 0.412 e. The Labute approximate surface area is 47.1 Å². The summed E-state index contributed by atoms with van der Waals surface area (Å²) in [7, 11) is 0. The topological polar surface area (TPSA) is 158 Å². The molecule has 0 amide bonds. The Kier molecular flexibility index (Phi) is 130000. The third-order valence-electron chi connectivity index (χ3n) is 0. The van der Waals surface area contributed by atoms with E-state index in [9.17, 15) is 0 Å². The van der Waals surface area contributed by atoms with Gasteiger partial charge in [0.05, 0.1) is 0 Å². The third-order valence-corrected chi connectivity index (χ3v) is 0. The van der Waals surface area contributed by atoms with E-state index in [1.165, 1.54) is 0 Å². The summed E-state index contributed by atoms with van der Waals surface area (Å²) >= 11 is 0. The Balaban J connectivity index is 0. The minimum Gasteiger partial charge on any atom is -0.412 e. The van der Waals surface area contributed by atoms with Gasteiger partial charge in [-0.2, -0.15) is 0 Å². The molecule has 0 unspecified atom stereocenters. The zero-order chi connectivity index (χ0) is 0. The molecule has 0 fully saturated rings. The van der Waals surface area contributed by atoms with E-state index in [4.69, 9.17) is 0 Å². The summed E-state index contributed by atoms with van der Waals surface area (Å²) in [6, 6.07) is 0. The van der Waals surface area contributed by atoms with Gasteiger partial charge in [-0.25, -0.2) is 0 Å². The van der Waals surface area contributed by atoms with Gasteiger partial charge in [-0.1, -0.05) is 0 Å². The fraction of sp³-hybridized carbons (Fsp3) is 0. The van der Waals surface area contributed by atoms with Crippen LogP contribution in [0.2, 0.25) is 0 Å². The molecule has 0 aromatic rings. The molecule has 6 heteroatoms. The molecule has 0 spiro atoms. The van der Waals surface area contributed by atoms with Crippen molar-refractivity contribution in [1.82, 2.24) is 0 Å². The van der Waals surface area contributed by atoms with Crippen LogP contribution in [0.15, 0.2) is 0 Å². The fourth-order valence-electron chi connectivity index (χ4n) is 0. The van der Waals surface area contributed by atoms with Crippen molar-refractivity contribution in [3.8, 4) is 0 Å². The molecule has 0 aliphatic carbocycles. The van der Waals surface area contributed by atoms with Crippen LogP contribution in [0.1, 0.15) is 0 Å². The summed E-state index contributed by atoms with van der Waals surface area (Å²) in [6.45, 7) is 0. The van der Waals surface area contributed by atoms with Crippen LogP contribution < -0.4 is 0 Å². The number of hydrogen-bond donors (Lipinski definition) is 0. The van der Waals surface area contributed by atoms with E-state index in [1.807, 2.05) is 0 Å². The van der Waals surface area contributed by atoms with Crippen molar-refractivity contribution in [2.75, 3.05) is 0 Å². The molecule has 0 rings (SSSR count). The molecule has 0 aromatic heterocycles. The van der Waals surface area contributed by atoms with E-state index >= 15 is 0 Å². The summed E-state index contributed by atoms with van der Waals surface area (Å²) in [5.41, 5.74) is 0. The zero-order valence-corrected chi connectivity index (χ0v) is 3.50. The summed E-state index contributed by atoms with van der Waals surface area (Å²) in [4.78, 5) is 0. The maximum absolute atomic E-state index is 0. The number of rotatable bonds is 0. The summed E-state index contributed by atoms with van der Waals surface area (Å²) in [5, 5.41) is 0. The van der Waals surface area contributed by atoms with Crippen LogP contribution in [-0.2, 0) is 0 Å². The predicted octanol–water partition coefficient (Wildman–Crippen LogP) is -4.50. The molecule has 0 aliphatic rings. The number of hydrogen-bond acceptors (Lipinski definition) is 0. The fourth-order valence-corrected chi connectivity index (χ4v) is 0. The van der Waals surface area contributed by atoms with E-state index < -0.39 is 0 Å². The van der Waals surface area contributed by atoms with E-state index in [2.05, 4.69) is 0 Å². The normalized spacial score (nSPS) is 0. The van der Waals surface area contributed by atoms with Gasteiger partial charge in [0.15, 0.2) is 0 Å². The van der Waals surface area contributed by atoms with Crippen LogP contribution in [-0.4, -0.2) is 46.2 Å². The van der Waals surface area contributed by atoms with Crippen molar-refractivity contribution < 1.29 is 27.4 Å². The van der Waals surface area contributed by atoms with Crippen molar-refractivity contribution in [2.24, 2.45) is 0 Å². The molecular formula is H10LiO5. The second-order valence-corrected chi connectivity index (χ2v) is 0. The van der Waals surface area contributed by atoms with Gasteiger partial charge in [-0.3, -0.25) is 0 Å². The molecule has 1 radical (unpaired) electrons. The molecule has 0 aliphatic heterocycles. The second kappa shape index (κ2) is 661. The van der Waals surface area contributed by atoms with E-state index in [0.29, 0.717) is 0 Å². The Bertz CT molecular complexity index is 3.90. The van der Waals surface area contributed by atoms with Crippen molar-refractivity contribution in [1.29, 1.82) is 0 Å². The predicted molar refractivity (Wildman–Crippen MR) is 23.8 cm³/mol. The first kappa shape index (κ1) is 1180. The molecule has 6 heavy (non-hydrogen) atoms. The van der Waals surface area contributed by atoms with Crippen LogP contribution in [0.4, 0.5) is 0 Å². The van der Waals surface area contributed by atoms with Crippen molar-refractivity contribution in [3.63, 3.8) is 0 Å². The average molecular weight is 97.0 g/mol. The molecule has 0 saturated carbocycles. The maximum Gasteiger partial charge on any atom is 0 e. The van der Waals surface area contributed by atoms with E-state index in [1.54, 1.807) is 0 Å². The maximum atomic E-state index is 0. The molecule has 0 atom stereocenters. The van der Waals surface area contributed by atoms with Crippen LogP contribution in [0.25, 0.3) is 0 Å². The van der Waals surface area contributed by atoms with Crippen molar-refractivity contribution in [2.45, 2.75) is 0 Å². The minimum atomic E-state index is 0. The molecule has 0 bridgehead atoms. The Morgan fingerprint density at radius 1 is 0.333 bits per heavy atom. The monoisotopic (exact) mass is 97.1 g/mol. The molecule has 0 aromatic carbocycles. The van der Waals surface area contributed by atoms with E-state index in [-0.39, 0.29) is 46.2 Å². The molecule has 0 heterocycles. The average Bonchev–Trinajstić information content (AvgIpc) is 0. The molecule has 5 nitrogen and oxygen atoms in total. The van der Waals surface area contributed by atoms with Gasteiger partial charge in [-0.15, -0.1) is 0 Å². The second-order valence-electron chi connectivity index (χ2n) is 0. The molecule has 10 N–H and O–H groups in total. The van der Waals surface area contributed by atoms with Gasteiger partial charge < -0.3 is 27.4 Å². The van der Waals surface area contributed by atoms with Gasteiger partial charge >= 0.3 is 0 Å². The first-order chi connectivity index (χ1) is 0. The van der Waals surface area contributed by atoms with Gasteiger partial charge in [0.2, 0.25) is 0 Å². The SMILES string of the molecule is O.O.O.O.O.[Li]. The summed E-state index contributed by atoms with van der Waals surface area (Å²) in [5.74, 6) is 0. The standard InChI is InChI=1S/Li.5H2O/h;5*1H2. The molecule has 41 valence electrons. The van der Waals surface area contributed by atoms with Crippen LogP contribution in [0.3, 0.4) is 0 Å². The Morgan fingerprint density at radius 2 is 0.333 bits per heavy atom. The van der Waals surface area contributed by atoms with Crippen LogP contribution >= 0.6 is 0 Å². The first-order valence-corrected chi connectivity index (χ1v) is 0. The summed E-state index contributed by atoms with van der Waals surface area (Å²) < 4.78 is 0. The smallest absolute Gasteiger partial charge is 0 e. The van der Waals surface area contributed by atoms with Gasteiger partial charge in [-0.05, 0) is 0 Å². The van der Waals surface area contributed by atoms with Gasteiger partial charge in [0, 0.05) is 18.9 Å². The third kappa shape index (κ3) is 321. The minimum absolute atomic E-state index is 0. The van der Waals surface area contributed by atoms with Crippen LogP contribution in [0.5, 0.6) is 0 Å². The first-order valence-electron chi connectivity index (χ1n) is 0. The Morgan fingerprint density at radius 3 is 0.333 bits per heavy atom. The Hall–Kier alpha value is 0.397. The van der Waals surface area contributed by atoms with Crippen LogP contribution in [0, 0.1) is 0 Å². The summed E-state index contributed by atoms with van der Waals surface area (Å²) in [6.07, 6.45) is 0. The van der Waals surface area contributed by atoms with Crippen molar-refractivity contribution >= 4 is 18.9 Å². The molecule has 0 saturated heterocycles. The van der Waals surface area contributed by atoms with Gasteiger partial charge in [0.25, 0.3) is 0 Å². The van der Waals surface area contributed by atoms with Gasteiger partial charge in [0.1, 0.15) is 0 Å². The van der Waals surface area contributed by atoms with E-state index in [0.717, 1.165) is 0 Å². The zero-order valence-electron chi connectivity index (χ0n) is 3.50.